The predicted octanol–water partition coefficient (Wildman–Crippen LogP) is 10.1. The van der Waals surface area contributed by atoms with E-state index in [0.717, 1.165) is 49.5 Å². The molecule has 1 aliphatic heterocycles. The van der Waals surface area contributed by atoms with E-state index in [2.05, 4.69) is 11.9 Å². The van der Waals surface area contributed by atoms with E-state index in [0.29, 0.717) is 31.7 Å². The Morgan fingerprint density at radius 1 is 1.02 bits per heavy atom. The van der Waals surface area contributed by atoms with E-state index in [9.17, 15) is 36.2 Å². The maximum Gasteiger partial charge on any atom is 0.416 e. The van der Waals surface area contributed by atoms with Crippen molar-refractivity contribution in [3.63, 3.8) is 0 Å². The number of hydrogen-bond acceptors (Lipinski definition) is 6. The minimum Gasteiger partial charge on any atom is -0.491 e. The van der Waals surface area contributed by atoms with Crippen LogP contribution in [0.2, 0.25) is 0 Å². The van der Waals surface area contributed by atoms with E-state index in [4.69, 9.17) is 9.47 Å². The van der Waals surface area contributed by atoms with E-state index < -0.39 is 54.7 Å². The molecule has 3 rings (SSSR count). The number of aromatic nitrogens is 1. The minimum atomic E-state index is -4.80. The standard InChI is InChI=1S/C39H59F6N3O4S/c1-5-6-7-8-9-10-11-12-13-14-15-16-19-33(40)39(44,45)47-29(26-49)27-52-32-21-20-28(38(41,42)43)23-31(32)35(50)46-36-48(24-30-18-17-22-51-30)25-34(53-36)37(2,3)4/h20-21,23,25,29-30,33,47,49H,5-19,22,24,26-27H2,1-4H3/t29-,30-,33?/m1/s1. The van der Waals surface area contributed by atoms with Crippen LogP contribution in [0.25, 0.3) is 0 Å². The first-order valence-electron chi connectivity index (χ1n) is 19.2. The quantitative estimate of drug-likeness (QED) is 0.0667. The van der Waals surface area contributed by atoms with Crippen molar-refractivity contribution < 1.29 is 45.7 Å². The molecular weight excluding hydrogens is 721 g/mol. The molecule has 302 valence electrons. The van der Waals surface area contributed by atoms with Crippen LogP contribution in [0.5, 0.6) is 5.75 Å². The highest BCUT2D eigenvalue weighted by atomic mass is 32.1. The number of aliphatic hydroxyl groups is 1. The molecule has 1 aromatic carbocycles. The summed E-state index contributed by atoms with van der Waals surface area (Å²) in [5.74, 6) is -1.37. The fraction of sp³-hybridized carbons (Fsp3) is 0.744. The first-order valence-corrected chi connectivity index (χ1v) is 20.0. The lowest BCUT2D eigenvalue weighted by Gasteiger charge is -2.27. The molecule has 1 aromatic heterocycles. The zero-order valence-corrected chi connectivity index (χ0v) is 32.5. The maximum atomic E-state index is 14.9. The average Bonchev–Trinajstić information content (AvgIpc) is 3.76. The number of benzene rings is 1. The lowest BCUT2D eigenvalue weighted by molar-refractivity contribution is -0.137. The summed E-state index contributed by atoms with van der Waals surface area (Å²) in [6.45, 7) is 7.58. The van der Waals surface area contributed by atoms with Gasteiger partial charge in [0, 0.05) is 17.7 Å². The summed E-state index contributed by atoms with van der Waals surface area (Å²) in [6.07, 6.45) is 8.17. The van der Waals surface area contributed by atoms with Crippen molar-refractivity contribution in [3.05, 3.63) is 45.2 Å². The molecule has 1 fully saturated rings. The molecule has 3 atom stereocenters. The Hall–Kier alpha value is -2.42. The number of amides is 1. The van der Waals surface area contributed by atoms with Gasteiger partial charge in [-0.3, -0.25) is 4.79 Å². The van der Waals surface area contributed by atoms with Gasteiger partial charge >= 0.3 is 12.2 Å². The van der Waals surface area contributed by atoms with Crippen LogP contribution in [-0.4, -0.2) is 59.8 Å². The SMILES string of the molecule is CCCCCCCCCCCCCCC(F)C(F)(F)N[C@H](CO)COc1ccc(C(F)(F)F)cc1C(=O)N=c1sc(C(C)(C)C)cn1C[C@H]1CCCO1. The van der Waals surface area contributed by atoms with E-state index in [-0.39, 0.29) is 34.9 Å². The van der Waals surface area contributed by atoms with Crippen LogP contribution in [0.15, 0.2) is 29.4 Å². The predicted molar refractivity (Wildman–Crippen MR) is 196 cm³/mol. The maximum absolute atomic E-state index is 14.9. The second-order valence-electron chi connectivity index (χ2n) is 15.1. The fourth-order valence-corrected chi connectivity index (χ4v) is 7.19. The highest BCUT2D eigenvalue weighted by Crippen LogP contribution is 2.33. The van der Waals surface area contributed by atoms with E-state index >= 15 is 0 Å². The number of unbranched alkanes of at least 4 members (excludes halogenated alkanes) is 11. The second kappa shape index (κ2) is 21.6. The monoisotopic (exact) mass is 779 g/mol. The number of carbonyl (C=O) groups excluding carboxylic acids is 1. The lowest BCUT2D eigenvalue weighted by Crippen LogP contribution is -2.53. The Balaban J connectivity index is 1.63. The molecule has 2 aromatic rings. The van der Waals surface area contributed by atoms with Crippen molar-refractivity contribution in [2.75, 3.05) is 19.8 Å². The smallest absolute Gasteiger partial charge is 0.416 e. The van der Waals surface area contributed by atoms with Gasteiger partial charge in [-0.05, 0) is 42.9 Å². The summed E-state index contributed by atoms with van der Waals surface area (Å²) in [7, 11) is 0. The number of carbonyl (C=O) groups is 1. The van der Waals surface area contributed by atoms with Crippen molar-refractivity contribution in [3.8, 4) is 5.75 Å². The molecule has 1 aliphatic rings. The molecule has 0 bridgehead atoms. The molecule has 1 saturated heterocycles. The summed E-state index contributed by atoms with van der Waals surface area (Å²) in [5.41, 5.74) is -1.96. The third-order valence-electron chi connectivity index (χ3n) is 9.38. The molecule has 0 radical (unpaired) electrons. The van der Waals surface area contributed by atoms with Gasteiger partial charge in [0.05, 0.1) is 36.4 Å². The summed E-state index contributed by atoms with van der Waals surface area (Å²) >= 11 is 1.23. The van der Waals surface area contributed by atoms with E-state index in [1.54, 1.807) is 9.88 Å². The molecule has 53 heavy (non-hydrogen) atoms. The van der Waals surface area contributed by atoms with Crippen LogP contribution in [0, 0.1) is 0 Å². The molecule has 0 aliphatic carbocycles. The van der Waals surface area contributed by atoms with Gasteiger partial charge in [0.15, 0.2) is 11.0 Å². The van der Waals surface area contributed by atoms with Gasteiger partial charge in [0.1, 0.15) is 12.4 Å². The molecule has 7 nitrogen and oxygen atoms in total. The van der Waals surface area contributed by atoms with Crippen LogP contribution < -0.4 is 14.9 Å². The number of hydrogen-bond donors (Lipinski definition) is 2. The molecule has 1 amide bonds. The van der Waals surface area contributed by atoms with Gasteiger partial charge in [0.25, 0.3) is 5.91 Å². The Bertz CT molecular complexity index is 1450. The molecule has 14 heteroatoms. The van der Waals surface area contributed by atoms with Gasteiger partial charge in [-0.25, -0.2) is 9.71 Å². The van der Waals surface area contributed by atoms with Gasteiger partial charge in [-0.2, -0.15) is 26.9 Å². The molecule has 2 heterocycles. The first-order chi connectivity index (χ1) is 25.0. The van der Waals surface area contributed by atoms with Gasteiger partial charge < -0.3 is 19.1 Å². The summed E-state index contributed by atoms with van der Waals surface area (Å²) in [6, 6.07) is -3.27. The summed E-state index contributed by atoms with van der Waals surface area (Å²) in [5, 5.41) is 11.6. The first kappa shape index (κ1) is 45.0. The van der Waals surface area contributed by atoms with Crippen LogP contribution in [0.4, 0.5) is 26.3 Å². The second-order valence-corrected chi connectivity index (χ2v) is 16.2. The fourth-order valence-electron chi connectivity index (χ4n) is 6.14. The molecule has 2 N–H and O–H groups in total. The third-order valence-corrected chi connectivity index (χ3v) is 10.8. The van der Waals surface area contributed by atoms with Gasteiger partial charge in [-0.15, -0.1) is 11.3 Å². The number of nitrogens with one attached hydrogen (secondary N) is 1. The highest BCUT2D eigenvalue weighted by molar-refractivity contribution is 7.09. The summed E-state index contributed by atoms with van der Waals surface area (Å²) in [4.78, 5) is 18.9. The van der Waals surface area contributed by atoms with Crippen LogP contribution in [0.3, 0.4) is 0 Å². The highest BCUT2D eigenvalue weighted by Gasteiger charge is 2.41. The lowest BCUT2D eigenvalue weighted by atomic mass is 9.95. The third kappa shape index (κ3) is 15.3. The zero-order valence-electron chi connectivity index (χ0n) is 31.7. The molecule has 0 spiro atoms. The number of rotatable bonds is 23. The Morgan fingerprint density at radius 3 is 2.19 bits per heavy atom. The van der Waals surface area contributed by atoms with Crippen LogP contribution in [-0.2, 0) is 22.9 Å². The Labute approximate surface area is 314 Å². The average molecular weight is 780 g/mol. The number of nitrogens with zero attached hydrogens (tertiary/aromatic N) is 2. The van der Waals surface area contributed by atoms with Crippen molar-refractivity contribution in [1.29, 1.82) is 0 Å². The van der Waals surface area contributed by atoms with E-state index in [1.165, 1.54) is 49.9 Å². The van der Waals surface area contributed by atoms with Crippen molar-refractivity contribution in [2.24, 2.45) is 4.99 Å². The van der Waals surface area contributed by atoms with Gasteiger partial charge in [-0.1, -0.05) is 105 Å². The number of alkyl halides is 6. The Kier molecular flexibility index (Phi) is 18.3. The molecule has 0 saturated carbocycles. The zero-order chi connectivity index (χ0) is 39.1. The van der Waals surface area contributed by atoms with Gasteiger partial charge in [0.2, 0.25) is 0 Å². The molecular formula is C39H59F6N3O4S. The number of halogens is 6. The Morgan fingerprint density at radius 2 is 1.64 bits per heavy atom. The van der Waals surface area contributed by atoms with Crippen molar-refractivity contribution in [1.82, 2.24) is 9.88 Å². The number of thiazole rings is 1. The van der Waals surface area contributed by atoms with Crippen LogP contribution >= 0.6 is 11.3 Å². The van der Waals surface area contributed by atoms with Crippen molar-refractivity contribution in [2.45, 2.75) is 167 Å². The van der Waals surface area contributed by atoms with Crippen molar-refractivity contribution >= 4 is 17.2 Å². The van der Waals surface area contributed by atoms with Crippen LogP contribution in [0.1, 0.15) is 145 Å². The number of ether oxygens (including phenoxy) is 2. The topological polar surface area (TPSA) is 85.1 Å². The molecule has 1 unspecified atom stereocenters. The minimum absolute atomic E-state index is 0.103. The summed E-state index contributed by atoms with van der Waals surface area (Å²) < 4.78 is 98.7. The largest absolute Gasteiger partial charge is 0.491 e. The van der Waals surface area contributed by atoms with E-state index in [1.807, 2.05) is 27.0 Å². The number of aliphatic hydroxyl groups excluding tert-OH is 1. The normalized spacial score (nSPS) is 17.0.